The lowest BCUT2D eigenvalue weighted by Crippen LogP contribution is -2.34. The first-order valence-electron chi connectivity index (χ1n) is 9.80. The van der Waals surface area contributed by atoms with Gasteiger partial charge in [0.05, 0.1) is 5.75 Å². The van der Waals surface area contributed by atoms with Crippen LogP contribution in [0.1, 0.15) is 37.8 Å². The normalized spacial score (nSPS) is 15.0. The number of benzene rings is 2. The first kappa shape index (κ1) is 19.9. The molecule has 1 heterocycles. The monoisotopic (exact) mass is 386 g/mol. The number of anilines is 1. The lowest BCUT2D eigenvalue weighted by Gasteiger charge is -2.25. The third kappa shape index (κ3) is 5.56. The maximum atomic E-state index is 13.0. The van der Waals surface area contributed by atoms with Crippen LogP contribution in [-0.4, -0.2) is 32.4 Å². The highest BCUT2D eigenvalue weighted by molar-refractivity contribution is 7.88. The first-order valence-corrected chi connectivity index (χ1v) is 11.4. The van der Waals surface area contributed by atoms with Crippen molar-refractivity contribution >= 4 is 15.7 Å². The molecule has 0 aliphatic carbocycles. The van der Waals surface area contributed by atoms with Crippen molar-refractivity contribution in [2.24, 2.45) is 5.92 Å². The first-order chi connectivity index (χ1) is 12.9. The van der Waals surface area contributed by atoms with Crippen molar-refractivity contribution in [1.29, 1.82) is 0 Å². The third-order valence-electron chi connectivity index (χ3n) is 4.92. The van der Waals surface area contributed by atoms with Crippen LogP contribution < -0.4 is 4.90 Å². The van der Waals surface area contributed by atoms with Crippen molar-refractivity contribution in [3.05, 3.63) is 65.7 Å². The van der Waals surface area contributed by atoms with Gasteiger partial charge >= 0.3 is 0 Å². The number of nitrogens with zero attached hydrogens (tertiary/aromatic N) is 2. The van der Waals surface area contributed by atoms with E-state index in [4.69, 9.17) is 0 Å². The van der Waals surface area contributed by atoms with Gasteiger partial charge in [-0.3, -0.25) is 0 Å². The molecular weight excluding hydrogens is 356 g/mol. The largest absolute Gasteiger partial charge is 0.372 e. The van der Waals surface area contributed by atoms with E-state index >= 15 is 0 Å². The molecule has 5 heteroatoms. The van der Waals surface area contributed by atoms with Crippen LogP contribution in [0.4, 0.5) is 5.69 Å². The van der Waals surface area contributed by atoms with Gasteiger partial charge in [-0.25, -0.2) is 8.42 Å². The van der Waals surface area contributed by atoms with Gasteiger partial charge in [0.25, 0.3) is 0 Å². The van der Waals surface area contributed by atoms with Crippen LogP contribution in [0, 0.1) is 5.92 Å². The van der Waals surface area contributed by atoms with Crippen LogP contribution in [0.15, 0.2) is 54.6 Å². The Bertz CT molecular complexity index is 811. The third-order valence-corrected chi connectivity index (χ3v) is 6.68. The van der Waals surface area contributed by atoms with Crippen LogP contribution in [-0.2, 0) is 22.3 Å². The zero-order valence-corrected chi connectivity index (χ0v) is 17.2. The quantitative estimate of drug-likeness (QED) is 0.680. The minimum atomic E-state index is -3.37. The Balaban J connectivity index is 1.74. The summed E-state index contributed by atoms with van der Waals surface area (Å²) in [4.78, 5) is 2.39. The van der Waals surface area contributed by atoms with Gasteiger partial charge in [-0.1, -0.05) is 56.3 Å². The van der Waals surface area contributed by atoms with E-state index in [1.807, 2.05) is 30.3 Å². The van der Waals surface area contributed by atoms with Crippen molar-refractivity contribution in [3.63, 3.8) is 0 Å². The fourth-order valence-electron chi connectivity index (χ4n) is 3.55. The maximum absolute atomic E-state index is 13.0. The predicted octanol–water partition coefficient (Wildman–Crippen LogP) is 4.27. The Morgan fingerprint density at radius 2 is 1.56 bits per heavy atom. The molecule has 0 unspecified atom stereocenters. The highest BCUT2D eigenvalue weighted by Gasteiger charge is 2.24. The maximum Gasteiger partial charge on any atom is 0.218 e. The SMILES string of the molecule is CC(C)CN(Cc1ccc(N2CCCC2)cc1)S(=O)(=O)Cc1ccccc1. The van der Waals surface area contributed by atoms with E-state index in [2.05, 4.69) is 43.0 Å². The van der Waals surface area contributed by atoms with Crippen LogP contribution in [0.2, 0.25) is 0 Å². The van der Waals surface area contributed by atoms with Crippen molar-refractivity contribution in [3.8, 4) is 0 Å². The van der Waals surface area contributed by atoms with Gasteiger partial charge in [0.2, 0.25) is 10.0 Å². The summed E-state index contributed by atoms with van der Waals surface area (Å²) in [5.41, 5.74) is 3.10. The summed E-state index contributed by atoms with van der Waals surface area (Å²) in [5.74, 6) is 0.325. The van der Waals surface area contributed by atoms with Crippen LogP contribution in [0.25, 0.3) is 0 Å². The van der Waals surface area contributed by atoms with E-state index in [1.165, 1.54) is 18.5 Å². The fraction of sp³-hybridized carbons (Fsp3) is 0.455. The van der Waals surface area contributed by atoms with Crippen LogP contribution >= 0.6 is 0 Å². The molecule has 1 aliphatic rings. The Morgan fingerprint density at radius 3 is 2.15 bits per heavy atom. The lowest BCUT2D eigenvalue weighted by atomic mass is 10.1. The highest BCUT2D eigenvalue weighted by Crippen LogP contribution is 2.22. The molecule has 0 atom stereocenters. The zero-order chi connectivity index (χ0) is 19.3. The van der Waals surface area contributed by atoms with Gasteiger partial charge in [-0.2, -0.15) is 4.31 Å². The summed E-state index contributed by atoms with van der Waals surface area (Å²) in [6.45, 7) is 7.30. The average Bonchev–Trinajstić information content (AvgIpc) is 3.16. The smallest absolute Gasteiger partial charge is 0.218 e. The minimum Gasteiger partial charge on any atom is -0.372 e. The Kier molecular flexibility index (Phi) is 6.55. The van der Waals surface area contributed by atoms with E-state index in [9.17, 15) is 8.42 Å². The molecule has 0 aromatic heterocycles. The van der Waals surface area contributed by atoms with Gasteiger partial charge in [0.15, 0.2) is 0 Å². The molecule has 27 heavy (non-hydrogen) atoms. The van der Waals surface area contributed by atoms with E-state index in [-0.39, 0.29) is 11.7 Å². The molecule has 2 aromatic carbocycles. The van der Waals surface area contributed by atoms with E-state index < -0.39 is 10.0 Å². The zero-order valence-electron chi connectivity index (χ0n) is 16.3. The minimum absolute atomic E-state index is 0.0480. The van der Waals surface area contributed by atoms with E-state index in [0.29, 0.717) is 13.1 Å². The number of hydrogen-bond acceptors (Lipinski definition) is 3. The second-order valence-electron chi connectivity index (χ2n) is 7.79. The number of hydrogen-bond donors (Lipinski definition) is 0. The second-order valence-corrected chi connectivity index (χ2v) is 9.76. The van der Waals surface area contributed by atoms with Crippen molar-refractivity contribution in [2.45, 2.75) is 39.0 Å². The second kappa shape index (κ2) is 8.89. The molecule has 1 saturated heterocycles. The fourth-order valence-corrected chi connectivity index (χ4v) is 5.22. The molecule has 0 saturated carbocycles. The Hall–Kier alpha value is -1.85. The van der Waals surface area contributed by atoms with Crippen molar-refractivity contribution < 1.29 is 8.42 Å². The summed E-state index contributed by atoms with van der Waals surface area (Å²) in [6, 6.07) is 17.8. The van der Waals surface area contributed by atoms with Gasteiger partial charge in [0.1, 0.15) is 0 Å². The number of rotatable bonds is 8. The standard InChI is InChI=1S/C22H30N2O2S/c1-19(2)16-24(27(25,26)18-21-8-4-3-5-9-21)17-20-10-12-22(13-11-20)23-14-6-7-15-23/h3-5,8-13,19H,6-7,14-18H2,1-2H3. The average molecular weight is 387 g/mol. The molecule has 0 N–H and O–H groups in total. The lowest BCUT2D eigenvalue weighted by molar-refractivity contribution is 0.361. The highest BCUT2D eigenvalue weighted by atomic mass is 32.2. The Morgan fingerprint density at radius 1 is 0.926 bits per heavy atom. The summed E-state index contributed by atoms with van der Waals surface area (Å²) in [5, 5.41) is 0. The Labute approximate surface area is 163 Å². The molecule has 2 aromatic rings. The summed E-state index contributed by atoms with van der Waals surface area (Å²) in [7, 11) is -3.37. The molecular formula is C22H30N2O2S. The predicted molar refractivity (Wildman–Crippen MR) is 112 cm³/mol. The molecule has 3 rings (SSSR count). The molecule has 0 spiro atoms. The summed E-state index contributed by atoms with van der Waals surface area (Å²) >= 11 is 0. The molecule has 0 radical (unpaired) electrons. The van der Waals surface area contributed by atoms with E-state index in [0.717, 1.165) is 24.2 Å². The molecule has 0 bridgehead atoms. The summed E-state index contributed by atoms with van der Waals surface area (Å²) in [6.07, 6.45) is 2.50. The van der Waals surface area contributed by atoms with Gasteiger partial charge in [0, 0.05) is 31.9 Å². The van der Waals surface area contributed by atoms with Crippen molar-refractivity contribution in [2.75, 3.05) is 24.5 Å². The molecule has 1 aliphatic heterocycles. The van der Waals surface area contributed by atoms with Crippen molar-refractivity contribution in [1.82, 2.24) is 4.31 Å². The van der Waals surface area contributed by atoms with Gasteiger partial charge in [-0.05, 0) is 42.0 Å². The van der Waals surface area contributed by atoms with Gasteiger partial charge < -0.3 is 4.90 Å². The molecule has 4 nitrogen and oxygen atoms in total. The topological polar surface area (TPSA) is 40.6 Å². The van der Waals surface area contributed by atoms with Crippen LogP contribution in [0.3, 0.4) is 0 Å². The van der Waals surface area contributed by atoms with Gasteiger partial charge in [-0.15, -0.1) is 0 Å². The number of sulfonamides is 1. The molecule has 146 valence electrons. The van der Waals surface area contributed by atoms with E-state index in [1.54, 1.807) is 4.31 Å². The molecule has 0 amide bonds. The summed E-state index contributed by atoms with van der Waals surface area (Å²) < 4.78 is 27.7. The van der Waals surface area contributed by atoms with Crippen LogP contribution in [0.5, 0.6) is 0 Å². The molecule has 1 fully saturated rings.